The lowest BCUT2D eigenvalue weighted by Gasteiger charge is -2.26. The van der Waals surface area contributed by atoms with Crippen molar-refractivity contribution in [2.75, 3.05) is 6.54 Å². The highest BCUT2D eigenvalue weighted by Gasteiger charge is 2.28. The van der Waals surface area contributed by atoms with Crippen LogP contribution in [0.15, 0.2) is 29.2 Å². The number of carbonyl (C=O) groups excluding carboxylic acids is 1. The molecular weight excluding hydrogens is 314 g/mol. The highest BCUT2D eigenvalue weighted by atomic mass is 32.2. The third-order valence-corrected chi connectivity index (χ3v) is 5.87. The van der Waals surface area contributed by atoms with Crippen molar-refractivity contribution in [3.63, 3.8) is 0 Å². The topological polar surface area (TPSA) is 101 Å². The summed E-state index contributed by atoms with van der Waals surface area (Å²) in [7, 11) is -3.48. The molecule has 2 rings (SSSR count). The second kappa shape index (κ2) is 6.98. The van der Waals surface area contributed by atoms with Crippen LogP contribution in [0.2, 0.25) is 0 Å². The molecule has 6 nitrogen and oxygen atoms in total. The molecule has 1 amide bonds. The predicted molar refractivity (Wildman–Crippen MR) is 89.6 cm³/mol. The van der Waals surface area contributed by atoms with Gasteiger partial charge in [0.25, 0.3) is 5.91 Å². The molecule has 0 unspecified atom stereocenters. The van der Waals surface area contributed by atoms with Gasteiger partial charge in [-0.3, -0.25) is 4.79 Å². The normalized spacial score (nSPS) is 15.4. The summed E-state index contributed by atoms with van der Waals surface area (Å²) in [4.78, 5) is 12.3. The van der Waals surface area contributed by atoms with Gasteiger partial charge < -0.3 is 11.1 Å². The maximum atomic E-state index is 12.1. The van der Waals surface area contributed by atoms with Gasteiger partial charge in [0.1, 0.15) is 0 Å². The largest absolute Gasteiger partial charge is 0.350 e. The lowest BCUT2D eigenvalue weighted by molar-refractivity contribution is 0.0942. The van der Waals surface area contributed by atoms with Crippen LogP contribution >= 0.6 is 0 Å². The fraction of sp³-hybridized carbons (Fsp3) is 0.562. The number of benzene rings is 1. The lowest BCUT2D eigenvalue weighted by Crippen LogP contribution is -2.49. The first-order valence-corrected chi connectivity index (χ1v) is 9.47. The molecule has 23 heavy (non-hydrogen) atoms. The first kappa shape index (κ1) is 17.9. The van der Waals surface area contributed by atoms with Gasteiger partial charge in [-0.2, -0.15) is 0 Å². The molecule has 0 atom stereocenters. The molecule has 1 fully saturated rings. The van der Waals surface area contributed by atoms with Crippen molar-refractivity contribution in [3.8, 4) is 0 Å². The van der Waals surface area contributed by atoms with Crippen molar-refractivity contribution in [2.24, 2.45) is 5.73 Å². The Kier molecular flexibility index (Phi) is 5.44. The highest BCUT2D eigenvalue weighted by molar-refractivity contribution is 7.89. The van der Waals surface area contributed by atoms with Crippen molar-refractivity contribution in [1.29, 1.82) is 0 Å². The maximum Gasteiger partial charge on any atom is 0.251 e. The van der Waals surface area contributed by atoms with E-state index in [-0.39, 0.29) is 16.8 Å². The Bertz CT molecular complexity index is 648. The third kappa shape index (κ3) is 4.76. The quantitative estimate of drug-likeness (QED) is 0.666. The molecule has 1 aromatic carbocycles. The average Bonchev–Trinajstić information content (AvgIpc) is 3.35. The summed E-state index contributed by atoms with van der Waals surface area (Å²) >= 11 is 0. The Morgan fingerprint density at radius 1 is 1.22 bits per heavy atom. The predicted octanol–water partition coefficient (Wildman–Crippen LogP) is 1.37. The van der Waals surface area contributed by atoms with Crippen molar-refractivity contribution in [2.45, 2.75) is 56.0 Å². The minimum Gasteiger partial charge on any atom is -0.350 e. The number of hydrogen-bond donors (Lipinski definition) is 3. The van der Waals surface area contributed by atoms with Gasteiger partial charge in [0.15, 0.2) is 0 Å². The minimum absolute atomic E-state index is 0.0590. The summed E-state index contributed by atoms with van der Waals surface area (Å²) in [5, 5.41) is 2.81. The molecule has 1 saturated carbocycles. The van der Waals surface area contributed by atoms with Gasteiger partial charge in [-0.25, -0.2) is 13.1 Å². The molecule has 128 valence electrons. The zero-order chi connectivity index (χ0) is 17.1. The third-order valence-electron chi connectivity index (χ3n) is 4.34. The Morgan fingerprint density at radius 2 is 1.78 bits per heavy atom. The van der Waals surface area contributed by atoms with E-state index in [1.165, 1.54) is 24.3 Å². The van der Waals surface area contributed by atoms with Gasteiger partial charge in [0, 0.05) is 23.7 Å². The van der Waals surface area contributed by atoms with E-state index in [0.717, 1.165) is 25.7 Å². The van der Waals surface area contributed by atoms with Gasteiger partial charge in [0.2, 0.25) is 10.0 Å². The van der Waals surface area contributed by atoms with Gasteiger partial charge in [-0.05, 0) is 49.9 Å². The molecule has 0 aliphatic heterocycles. The van der Waals surface area contributed by atoms with Crippen molar-refractivity contribution in [3.05, 3.63) is 29.8 Å². The zero-order valence-electron chi connectivity index (χ0n) is 13.6. The monoisotopic (exact) mass is 339 g/mol. The lowest BCUT2D eigenvalue weighted by atomic mass is 9.94. The number of nitrogens with one attached hydrogen (secondary N) is 2. The fourth-order valence-corrected chi connectivity index (χ4v) is 3.44. The van der Waals surface area contributed by atoms with Crippen LogP contribution in [-0.2, 0) is 10.0 Å². The molecular formula is C16H25N3O3S. The van der Waals surface area contributed by atoms with Crippen LogP contribution in [0, 0.1) is 0 Å². The van der Waals surface area contributed by atoms with E-state index in [2.05, 4.69) is 10.0 Å². The van der Waals surface area contributed by atoms with E-state index < -0.39 is 15.6 Å². The van der Waals surface area contributed by atoms with E-state index in [1.54, 1.807) is 0 Å². The summed E-state index contributed by atoms with van der Waals surface area (Å²) in [6, 6.07) is 6.01. The average molecular weight is 339 g/mol. The second-order valence-corrected chi connectivity index (χ2v) is 7.89. The molecule has 0 radical (unpaired) electrons. The maximum absolute atomic E-state index is 12.1. The molecule has 0 bridgehead atoms. The SMILES string of the molecule is CCC(N)(CC)CNC(=O)c1ccc(S(=O)(=O)NC2CC2)cc1. The smallest absolute Gasteiger partial charge is 0.251 e. The summed E-state index contributed by atoms with van der Waals surface area (Å²) in [6.45, 7) is 4.37. The van der Waals surface area contributed by atoms with Crippen LogP contribution in [0.1, 0.15) is 49.9 Å². The summed E-state index contributed by atoms with van der Waals surface area (Å²) in [5.41, 5.74) is 6.17. The molecule has 4 N–H and O–H groups in total. The van der Waals surface area contributed by atoms with E-state index in [9.17, 15) is 13.2 Å². The van der Waals surface area contributed by atoms with Gasteiger partial charge in [-0.1, -0.05) is 13.8 Å². The number of carbonyl (C=O) groups is 1. The molecule has 7 heteroatoms. The molecule has 0 aromatic heterocycles. The highest BCUT2D eigenvalue weighted by Crippen LogP contribution is 2.22. The van der Waals surface area contributed by atoms with Crippen molar-refractivity contribution < 1.29 is 13.2 Å². The number of nitrogens with two attached hydrogens (primary N) is 1. The fourth-order valence-electron chi connectivity index (χ4n) is 2.13. The number of hydrogen-bond acceptors (Lipinski definition) is 4. The van der Waals surface area contributed by atoms with Gasteiger partial charge in [0.05, 0.1) is 4.90 Å². The van der Waals surface area contributed by atoms with E-state index >= 15 is 0 Å². The first-order valence-electron chi connectivity index (χ1n) is 7.99. The molecule has 1 aromatic rings. The Labute approximate surface area is 137 Å². The molecule has 0 spiro atoms. The van der Waals surface area contributed by atoms with Crippen LogP contribution < -0.4 is 15.8 Å². The van der Waals surface area contributed by atoms with Crippen molar-refractivity contribution >= 4 is 15.9 Å². The van der Waals surface area contributed by atoms with E-state index in [1.807, 2.05) is 13.8 Å². The molecule has 0 saturated heterocycles. The number of rotatable bonds is 8. The first-order chi connectivity index (χ1) is 10.8. The van der Waals surface area contributed by atoms with Crippen molar-refractivity contribution in [1.82, 2.24) is 10.0 Å². The van der Waals surface area contributed by atoms with Crippen LogP contribution in [-0.4, -0.2) is 32.5 Å². The van der Waals surface area contributed by atoms with Crippen LogP contribution in [0.3, 0.4) is 0 Å². The van der Waals surface area contributed by atoms with Crippen LogP contribution in [0.25, 0.3) is 0 Å². The molecule has 0 heterocycles. The zero-order valence-corrected chi connectivity index (χ0v) is 14.4. The molecule has 1 aliphatic carbocycles. The van der Waals surface area contributed by atoms with Crippen LogP contribution in [0.4, 0.5) is 0 Å². The van der Waals surface area contributed by atoms with Crippen LogP contribution in [0.5, 0.6) is 0 Å². The van der Waals surface area contributed by atoms with E-state index in [0.29, 0.717) is 12.1 Å². The Hall–Kier alpha value is -1.44. The van der Waals surface area contributed by atoms with Gasteiger partial charge >= 0.3 is 0 Å². The minimum atomic E-state index is -3.48. The summed E-state index contributed by atoms with van der Waals surface area (Å²) in [5.74, 6) is -0.249. The Morgan fingerprint density at radius 3 is 2.26 bits per heavy atom. The van der Waals surface area contributed by atoms with Gasteiger partial charge in [-0.15, -0.1) is 0 Å². The number of sulfonamides is 1. The number of amides is 1. The summed E-state index contributed by atoms with van der Waals surface area (Å²) < 4.78 is 26.8. The van der Waals surface area contributed by atoms with E-state index in [4.69, 9.17) is 5.73 Å². The standard InChI is InChI=1S/C16H25N3O3S/c1-3-16(17,4-2)11-18-15(20)12-5-9-14(10-6-12)23(21,22)19-13-7-8-13/h5-6,9-10,13,19H,3-4,7-8,11,17H2,1-2H3,(H,18,20). The second-order valence-electron chi connectivity index (χ2n) is 6.17. The summed E-state index contributed by atoms with van der Waals surface area (Å²) in [6.07, 6.45) is 3.31. The molecule has 1 aliphatic rings. The Balaban J connectivity index is 2.00.